The molecule has 0 atom stereocenters. The van der Waals surface area contributed by atoms with Gasteiger partial charge in [0.1, 0.15) is 17.8 Å². The molecule has 9 heteroatoms. The summed E-state index contributed by atoms with van der Waals surface area (Å²) in [5.74, 6) is 0.463. The van der Waals surface area contributed by atoms with Crippen LogP contribution in [-0.2, 0) is 31.5 Å². The number of esters is 1. The molecular weight excluding hydrogens is 454 g/mol. The van der Waals surface area contributed by atoms with Gasteiger partial charge in [0.25, 0.3) is 0 Å². The van der Waals surface area contributed by atoms with E-state index < -0.39 is 15.8 Å². The number of carbonyl (C=O) groups is 2. The van der Waals surface area contributed by atoms with Gasteiger partial charge in [-0.1, -0.05) is 31.2 Å². The van der Waals surface area contributed by atoms with Crippen molar-refractivity contribution in [1.82, 2.24) is 9.97 Å². The summed E-state index contributed by atoms with van der Waals surface area (Å²) in [7, 11) is -3.44. The Kier molecular flexibility index (Phi) is 9.15. The predicted octanol–water partition coefficient (Wildman–Crippen LogP) is 3.40. The van der Waals surface area contributed by atoms with Crippen molar-refractivity contribution in [3.8, 4) is 0 Å². The van der Waals surface area contributed by atoms with Crippen LogP contribution < -0.4 is 4.90 Å². The Morgan fingerprint density at radius 3 is 2.44 bits per heavy atom. The van der Waals surface area contributed by atoms with Gasteiger partial charge in [0.2, 0.25) is 0 Å². The molecule has 1 heterocycles. The number of ether oxygens (including phenoxy) is 1. The predicted molar refractivity (Wildman–Crippen MR) is 130 cm³/mol. The summed E-state index contributed by atoms with van der Waals surface area (Å²) >= 11 is 0. The zero-order valence-corrected chi connectivity index (χ0v) is 20.7. The highest BCUT2D eigenvalue weighted by molar-refractivity contribution is 7.90. The van der Waals surface area contributed by atoms with Gasteiger partial charge in [0, 0.05) is 25.6 Å². The van der Waals surface area contributed by atoms with E-state index in [1.165, 1.54) is 19.2 Å². The van der Waals surface area contributed by atoms with E-state index >= 15 is 0 Å². The molecule has 8 nitrogen and oxygen atoms in total. The lowest BCUT2D eigenvalue weighted by Crippen LogP contribution is -2.27. The Labute approximate surface area is 201 Å². The Morgan fingerprint density at radius 1 is 1.09 bits per heavy atom. The minimum Gasteiger partial charge on any atom is -0.466 e. The molecule has 184 valence electrons. The quantitative estimate of drug-likeness (QED) is 0.295. The Balaban J connectivity index is 1.58. The number of Topliss-reactive ketones (excluding diaryl/α,β-unsaturated/α-hetero) is 1. The second-order valence-electron chi connectivity index (χ2n) is 8.71. The summed E-state index contributed by atoms with van der Waals surface area (Å²) in [4.78, 5) is 35.1. The maximum atomic E-state index is 12.8. The van der Waals surface area contributed by atoms with Crippen molar-refractivity contribution in [2.24, 2.45) is 5.92 Å². The Morgan fingerprint density at radius 2 is 1.79 bits per heavy atom. The van der Waals surface area contributed by atoms with Crippen molar-refractivity contribution in [3.05, 3.63) is 53.5 Å². The fourth-order valence-electron chi connectivity index (χ4n) is 3.68. The van der Waals surface area contributed by atoms with Crippen molar-refractivity contribution >= 4 is 27.4 Å². The molecule has 3 rings (SSSR count). The van der Waals surface area contributed by atoms with Crippen LogP contribution in [0.5, 0.6) is 0 Å². The summed E-state index contributed by atoms with van der Waals surface area (Å²) in [5, 5.41) is 0. The maximum Gasteiger partial charge on any atom is 0.306 e. The van der Waals surface area contributed by atoms with E-state index in [2.05, 4.69) is 21.8 Å². The number of sulfone groups is 1. The molecule has 0 spiro atoms. The van der Waals surface area contributed by atoms with E-state index in [1.807, 2.05) is 0 Å². The zero-order valence-electron chi connectivity index (χ0n) is 19.9. The van der Waals surface area contributed by atoms with Gasteiger partial charge in [-0.3, -0.25) is 9.59 Å². The number of hydrogen-bond acceptors (Lipinski definition) is 8. The Hall–Kier alpha value is -2.81. The van der Waals surface area contributed by atoms with Crippen molar-refractivity contribution in [3.63, 3.8) is 0 Å². The van der Waals surface area contributed by atoms with Crippen molar-refractivity contribution in [1.29, 1.82) is 0 Å². The van der Waals surface area contributed by atoms with Crippen molar-refractivity contribution in [2.75, 3.05) is 30.3 Å². The Bertz CT molecular complexity index is 1080. The SMILES string of the molecule is CCCN(CC1CC1)c1cc(C(=O)Cc2ccc(CS(=O)(=O)CCC(=O)OCC)cc2)ncn1. The largest absolute Gasteiger partial charge is 0.466 e. The summed E-state index contributed by atoms with van der Waals surface area (Å²) < 4.78 is 29.3. The molecule has 2 aromatic rings. The minimum absolute atomic E-state index is 0.110. The summed E-state index contributed by atoms with van der Waals surface area (Å²) in [6.45, 7) is 5.89. The second-order valence-corrected chi connectivity index (χ2v) is 10.9. The van der Waals surface area contributed by atoms with Crippen LogP contribution in [-0.4, -0.2) is 55.6 Å². The van der Waals surface area contributed by atoms with Gasteiger partial charge >= 0.3 is 5.97 Å². The molecule has 1 aliphatic carbocycles. The third kappa shape index (κ3) is 8.20. The van der Waals surface area contributed by atoms with Gasteiger partial charge in [-0.25, -0.2) is 18.4 Å². The van der Waals surface area contributed by atoms with Gasteiger partial charge in [0.15, 0.2) is 15.6 Å². The van der Waals surface area contributed by atoms with E-state index in [0.29, 0.717) is 17.2 Å². The van der Waals surface area contributed by atoms with Crippen LogP contribution in [0, 0.1) is 5.92 Å². The van der Waals surface area contributed by atoms with Crippen LogP contribution in [0.2, 0.25) is 0 Å². The molecule has 1 aliphatic rings. The summed E-state index contributed by atoms with van der Waals surface area (Å²) in [6.07, 6.45) is 4.97. The number of rotatable bonds is 14. The van der Waals surface area contributed by atoms with Gasteiger partial charge in [0.05, 0.1) is 24.5 Å². The summed E-state index contributed by atoms with van der Waals surface area (Å²) in [6, 6.07) is 8.69. The van der Waals surface area contributed by atoms with Gasteiger partial charge in [-0.05, 0) is 43.2 Å². The third-order valence-electron chi connectivity index (χ3n) is 5.63. The molecular formula is C25H33N3O5S. The van der Waals surface area contributed by atoms with Crippen LogP contribution in [0.15, 0.2) is 36.7 Å². The number of carbonyl (C=O) groups excluding carboxylic acids is 2. The van der Waals surface area contributed by atoms with E-state index in [-0.39, 0.29) is 36.7 Å². The molecule has 0 radical (unpaired) electrons. The molecule has 0 saturated heterocycles. The zero-order chi connectivity index (χ0) is 24.6. The standard InChI is InChI=1S/C25H33N3O5S/c1-3-12-28(16-20-7-8-20)24-15-22(26-18-27-24)23(29)14-19-5-9-21(10-6-19)17-34(31,32)13-11-25(30)33-4-2/h5-6,9-10,15,18,20H,3-4,7-8,11-14,16-17H2,1-2H3. The molecule has 34 heavy (non-hydrogen) atoms. The molecule has 1 saturated carbocycles. The van der Waals surface area contributed by atoms with Gasteiger partial charge in [-0.15, -0.1) is 0 Å². The third-order valence-corrected chi connectivity index (χ3v) is 7.23. The molecule has 0 bridgehead atoms. The lowest BCUT2D eigenvalue weighted by Gasteiger charge is -2.23. The van der Waals surface area contributed by atoms with Crippen molar-refractivity contribution < 1.29 is 22.7 Å². The first-order valence-corrected chi connectivity index (χ1v) is 13.7. The molecule has 0 unspecified atom stereocenters. The number of ketones is 1. The molecule has 1 aromatic heterocycles. The highest BCUT2D eigenvalue weighted by Crippen LogP contribution is 2.31. The van der Waals surface area contributed by atoms with Crippen molar-refractivity contribution in [2.45, 2.75) is 51.7 Å². The smallest absolute Gasteiger partial charge is 0.306 e. The van der Waals surface area contributed by atoms with E-state index in [9.17, 15) is 18.0 Å². The van der Waals surface area contributed by atoms with Crippen LogP contribution in [0.3, 0.4) is 0 Å². The second kappa shape index (κ2) is 12.1. The summed E-state index contributed by atoms with van der Waals surface area (Å²) in [5.41, 5.74) is 1.77. The highest BCUT2D eigenvalue weighted by atomic mass is 32.2. The number of anilines is 1. The minimum atomic E-state index is -3.44. The topological polar surface area (TPSA) is 107 Å². The number of benzene rings is 1. The molecule has 0 aliphatic heterocycles. The monoisotopic (exact) mass is 487 g/mol. The first-order chi connectivity index (χ1) is 16.3. The van der Waals surface area contributed by atoms with Gasteiger partial charge in [-0.2, -0.15) is 0 Å². The first kappa shape index (κ1) is 25.8. The fourth-order valence-corrected chi connectivity index (χ4v) is 5.00. The molecule has 1 aromatic carbocycles. The van der Waals surface area contributed by atoms with Gasteiger partial charge < -0.3 is 9.64 Å². The van der Waals surface area contributed by atoms with E-state index in [4.69, 9.17) is 4.74 Å². The fraction of sp³-hybridized carbons (Fsp3) is 0.520. The average Bonchev–Trinajstić information content (AvgIpc) is 3.63. The lowest BCUT2D eigenvalue weighted by atomic mass is 10.1. The van der Waals surface area contributed by atoms with Crippen LogP contribution >= 0.6 is 0 Å². The average molecular weight is 488 g/mol. The van der Waals surface area contributed by atoms with Crippen LogP contribution in [0.25, 0.3) is 0 Å². The molecule has 1 fully saturated rings. The number of aromatic nitrogens is 2. The lowest BCUT2D eigenvalue weighted by molar-refractivity contribution is -0.142. The molecule has 0 amide bonds. The molecule has 0 N–H and O–H groups in total. The van der Waals surface area contributed by atoms with E-state index in [0.717, 1.165) is 30.9 Å². The van der Waals surface area contributed by atoms with Crippen LogP contribution in [0.1, 0.15) is 61.1 Å². The number of hydrogen-bond donors (Lipinski definition) is 0. The normalized spacial score (nSPS) is 13.5. The van der Waals surface area contributed by atoms with Crippen LogP contribution in [0.4, 0.5) is 5.82 Å². The van der Waals surface area contributed by atoms with E-state index in [1.54, 1.807) is 37.3 Å². The first-order valence-electron chi connectivity index (χ1n) is 11.8. The number of nitrogens with zero attached hydrogens (tertiary/aromatic N) is 3. The highest BCUT2D eigenvalue weighted by Gasteiger charge is 2.25. The maximum absolute atomic E-state index is 12.8.